The Bertz CT molecular complexity index is 518. The van der Waals surface area contributed by atoms with E-state index in [-0.39, 0.29) is 11.1 Å². The predicted molar refractivity (Wildman–Crippen MR) is 50.9 cm³/mol. The van der Waals surface area contributed by atoms with Gasteiger partial charge in [-0.3, -0.25) is 4.79 Å². The third-order valence-electron chi connectivity index (χ3n) is 1.98. The monoisotopic (exact) mass is 193 g/mol. The van der Waals surface area contributed by atoms with E-state index < -0.39 is 0 Å². The van der Waals surface area contributed by atoms with Crippen LogP contribution in [-0.2, 0) is 5.54 Å². The van der Waals surface area contributed by atoms with Crippen molar-refractivity contribution in [1.29, 1.82) is 0 Å². The van der Waals surface area contributed by atoms with Crippen LogP contribution in [0.5, 0.6) is 0 Å². The molecule has 0 aliphatic carbocycles. The topological polar surface area (TPSA) is 76.5 Å². The number of hydrogen-bond acceptors (Lipinski definition) is 4. The van der Waals surface area contributed by atoms with Crippen molar-refractivity contribution in [3.8, 4) is 0 Å². The molecule has 6 nitrogen and oxygen atoms in total. The SMILES string of the molecule is CC(C)(C)n1cnc2c(=O)[nH]nnc21. The van der Waals surface area contributed by atoms with Gasteiger partial charge in [-0.1, -0.05) is 5.21 Å². The van der Waals surface area contributed by atoms with Gasteiger partial charge in [0.1, 0.15) is 0 Å². The molecule has 2 heterocycles. The van der Waals surface area contributed by atoms with E-state index in [1.54, 1.807) is 6.33 Å². The van der Waals surface area contributed by atoms with E-state index in [1.807, 2.05) is 25.3 Å². The highest BCUT2D eigenvalue weighted by Crippen LogP contribution is 2.17. The number of aromatic amines is 1. The summed E-state index contributed by atoms with van der Waals surface area (Å²) < 4.78 is 1.82. The Morgan fingerprint density at radius 2 is 2.14 bits per heavy atom. The normalized spacial score (nSPS) is 12.2. The summed E-state index contributed by atoms with van der Waals surface area (Å²) in [6, 6.07) is 0. The standard InChI is InChI=1S/C8H11N5O/c1-8(2,3)13-4-9-5-6(13)10-12-11-7(5)14/h4H,1-3H3,(H,10,11,14). The summed E-state index contributed by atoms with van der Waals surface area (Å²) in [5, 5.41) is 9.62. The molecule has 1 N–H and O–H groups in total. The molecule has 0 spiro atoms. The first-order valence-corrected chi connectivity index (χ1v) is 4.29. The van der Waals surface area contributed by atoms with Crippen LogP contribution in [0.15, 0.2) is 11.1 Å². The fraction of sp³-hybridized carbons (Fsp3) is 0.500. The third kappa shape index (κ3) is 1.19. The fourth-order valence-electron chi connectivity index (χ4n) is 1.26. The number of nitrogens with zero attached hydrogens (tertiary/aromatic N) is 4. The van der Waals surface area contributed by atoms with Crippen LogP contribution < -0.4 is 5.56 Å². The summed E-state index contributed by atoms with van der Waals surface area (Å²) in [6.45, 7) is 6.03. The molecule has 0 bridgehead atoms. The van der Waals surface area contributed by atoms with Crippen molar-refractivity contribution in [3.63, 3.8) is 0 Å². The molecule has 0 aliphatic rings. The molecule has 0 fully saturated rings. The first kappa shape index (κ1) is 8.86. The number of rotatable bonds is 0. The highest BCUT2D eigenvalue weighted by atomic mass is 16.1. The fourth-order valence-corrected chi connectivity index (χ4v) is 1.26. The molecule has 74 valence electrons. The first-order valence-electron chi connectivity index (χ1n) is 4.29. The Morgan fingerprint density at radius 1 is 1.43 bits per heavy atom. The lowest BCUT2D eigenvalue weighted by atomic mass is 10.1. The molecule has 0 saturated heterocycles. The Hall–Kier alpha value is -1.72. The van der Waals surface area contributed by atoms with Crippen molar-refractivity contribution in [2.75, 3.05) is 0 Å². The van der Waals surface area contributed by atoms with Crippen LogP contribution in [-0.4, -0.2) is 25.0 Å². The van der Waals surface area contributed by atoms with Gasteiger partial charge >= 0.3 is 0 Å². The van der Waals surface area contributed by atoms with Crippen LogP contribution in [0.1, 0.15) is 20.8 Å². The second kappa shape index (κ2) is 2.63. The van der Waals surface area contributed by atoms with E-state index in [4.69, 9.17) is 0 Å². The summed E-state index contributed by atoms with van der Waals surface area (Å²) in [7, 11) is 0. The van der Waals surface area contributed by atoms with Gasteiger partial charge in [0.05, 0.1) is 6.33 Å². The zero-order chi connectivity index (χ0) is 10.3. The quantitative estimate of drug-likeness (QED) is 0.651. The second-order valence-electron chi connectivity index (χ2n) is 4.10. The number of fused-ring (bicyclic) bond motifs is 1. The molecule has 2 rings (SSSR count). The maximum atomic E-state index is 11.3. The van der Waals surface area contributed by atoms with Crippen molar-refractivity contribution in [3.05, 3.63) is 16.7 Å². The van der Waals surface area contributed by atoms with Crippen molar-refractivity contribution < 1.29 is 0 Å². The number of imidazole rings is 1. The molecule has 0 aliphatic heterocycles. The summed E-state index contributed by atoms with van der Waals surface area (Å²) >= 11 is 0. The van der Waals surface area contributed by atoms with Gasteiger partial charge in [-0.25, -0.2) is 10.1 Å². The van der Waals surface area contributed by atoms with E-state index >= 15 is 0 Å². The Morgan fingerprint density at radius 3 is 2.79 bits per heavy atom. The van der Waals surface area contributed by atoms with Gasteiger partial charge in [-0.05, 0) is 20.8 Å². The van der Waals surface area contributed by atoms with Crippen LogP contribution in [0, 0.1) is 0 Å². The lowest BCUT2D eigenvalue weighted by Gasteiger charge is -2.20. The number of H-pyrrole nitrogens is 1. The minimum absolute atomic E-state index is 0.156. The predicted octanol–water partition coefficient (Wildman–Crippen LogP) is 0.270. The minimum atomic E-state index is -0.307. The average molecular weight is 193 g/mol. The smallest absolute Gasteiger partial charge is 0.295 e. The second-order valence-corrected chi connectivity index (χ2v) is 4.10. The van der Waals surface area contributed by atoms with E-state index in [9.17, 15) is 4.79 Å². The van der Waals surface area contributed by atoms with E-state index in [1.165, 1.54) is 0 Å². The van der Waals surface area contributed by atoms with Crippen LogP contribution in [0.25, 0.3) is 11.2 Å². The van der Waals surface area contributed by atoms with Crippen molar-refractivity contribution in [1.82, 2.24) is 25.0 Å². The summed E-state index contributed by atoms with van der Waals surface area (Å²) in [4.78, 5) is 15.3. The van der Waals surface area contributed by atoms with Crippen LogP contribution >= 0.6 is 0 Å². The molecular weight excluding hydrogens is 182 g/mol. The Labute approximate surface area is 80.0 Å². The van der Waals surface area contributed by atoms with E-state index in [0.29, 0.717) is 11.2 Å². The maximum absolute atomic E-state index is 11.3. The minimum Gasteiger partial charge on any atom is -0.308 e. The zero-order valence-corrected chi connectivity index (χ0v) is 8.27. The molecule has 0 atom stereocenters. The van der Waals surface area contributed by atoms with Crippen molar-refractivity contribution in [2.45, 2.75) is 26.3 Å². The van der Waals surface area contributed by atoms with Gasteiger partial charge in [0.15, 0.2) is 11.2 Å². The van der Waals surface area contributed by atoms with Crippen LogP contribution in [0.2, 0.25) is 0 Å². The van der Waals surface area contributed by atoms with E-state index in [2.05, 4.69) is 20.4 Å². The number of hydrogen-bond donors (Lipinski definition) is 1. The van der Waals surface area contributed by atoms with Gasteiger partial charge in [-0.15, -0.1) is 5.10 Å². The van der Waals surface area contributed by atoms with Crippen molar-refractivity contribution >= 4 is 11.2 Å². The Balaban J connectivity index is 2.83. The molecule has 14 heavy (non-hydrogen) atoms. The lowest BCUT2D eigenvalue weighted by molar-refractivity contribution is 0.405. The average Bonchev–Trinajstić information content (AvgIpc) is 2.47. The molecule has 0 unspecified atom stereocenters. The van der Waals surface area contributed by atoms with Crippen LogP contribution in [0.3, 0.4) is 0 Å². The molecule has 2 aromatic rings. The molecule has 0 aromatic carbocycles. The number of aromatic nitrogens is 5. The van der Waals surface area contributed by atoms with Gasteiger partial charge < -0.3 is 4.57 Å². The highest BCUT2D eigenvalue weighted by Gasteiger charge is 2.18. The number of nitrogens with one attached hydrogen (secondary N) is 1. The molecule has 6 heteroatoms. The summed E-state index contributed by atoms with van der Waals surface area (Å²) in [5.74, 6) is 0. The van der Waals surface area contributed by atoms with Gasteiger partial charge in [0.2, 0.25) is 0 Å². The first-order chi connectivity index (χ1) is 6.50. The third-order valence-corrected chi connectivity index (χ3v) is 1.98. The van der Waals surface area contributed by atoms with Gasteiger partial charge in [-0.2, -0.15) is 0 Å². The van der Waals surface area contributed by atoms with E-state index in [0.717, 1.165) is 0 Å². The largest absolute Gasteiger partial charge is 0.308 e. The maximum Gasteiger partial charge on any atom is 0.295 e. The van der Waals surface area contributed by atoms with Crippen LogP contribution in [0.4, 0.5) is 0 Å². The molecule has 0 radical (unpaired) electrons. The lowest BCUT2D eigenvalue weighted by Crippen LogP contribution is -2.22. The molecular formula is C8H11N5O. The Kier molecular flexibility index (Phi) is 1.67. The summed E-state index contributed by atoms with van der Waals surface area (Å²) in [5.41, 5.74) is 0.381. The molecule has 0 amide bonds. The summed E-state index contributed by atoms with van der Waals surface area (Å²) in [6.07, 6.45) is 1.61. The highest BCUT2D eigenvalue weighted by molar-refractivity contribution is 5.68. The molecule has 0 saturated carbocycles. The molecule has 2 aromatic heterocycles. The van der Waals surface area contributed by atoms with Crippen molar-refractivity contribution in [2.24, 2.45) is 0 Å². The van der Waals surface area contributed by atoms with Gasteiger partial charge in [0, 0.05) is 5.54 Å². The zero-order valence-electron chi connectivity index (χ0n) is 8.27. The van der Waals surface area contributed by atoms with Gasteiger partial charge in [0.25, 0.3) is 5.56 Å².